The number of amides is 1. The summed E-state index contributed by atoms with van der Waals surface area (Å²) in [5.41, 5.74) is 0.714. The summed E-state index contributed by atoms with van der Waals surface area (Å²) < 4.78 is 36.2. The van der Waals surface area contributed by atoms with Crippen LogP contribution in [0.4, 0.5) is 5.69 Å². The summed E-state index contributed by atoms with van der Waals surface area (Å²) in [7, 11) is -2.45. The predicted octanol–water partition coefficient (Wildman–Crippen LogP) is 3.40. The van der Waals surface area contributed by atoms with Gasteiger partial charge in [0.05, 0.1) is 12.2 Å². The number of benzene rings is 1. The molecule has 7 nitrogen and oxygen atoms in total. The lowest BCUT2D eigenvalue weighted by Gasteiger charge is -2.21. The Balaban J connectivity index is 1.55. The second kappa shape index (κ2) is 8.58. The van der Waals surface area contributed by atoms with Gasteiger partial charge in [-0.15, -0.1) is 0 Å². The molecule has 1 amide bonds. The molecular formula is C19H24N2O5S. The van der Waals surface area contributed by atoms with Crippen LogP contribution in [-0.2, 0) is 10.0 Å². The van der Waals surface area contributed by atoms with Gasteiger partial charge in [-0.3, -0.25) is 4.79 Å². The Labute approximate surface area is 159 Å². The molecule has 1 aliphatic carbocycles. The molecule has 0 radical (unpaired) electrons. The van der Waals surface area contributed by atoms with Crippen molar-refractivity contribution in [3.63, 3.8) is 0 Å². The topological polar surface area (TPSA) is 97.6 Å². The molecule has 0 unspecified atom stereocenters. The van der Waals surface area contributed by atoms with Crippen LogP contribution in [0, 0.1) is 5.92 Å². The summed E-state index contributed by atoms with van der Waals surface area (Å²) in [6.45, 7) is 0.726. The normalized spacial score (nSPS) is 15.4. The monoisotopic (exact) mass is 392 g/mol. The molecule has 1 aromatic carbocycles. The van der Waals surface area contributed by atoms with Gasteiger partial charge in [0.15, 0.2) is 0 Å². The largest absolute Gasteiger partial charge is 0.493 e. The lowest BCUT2D eigenvalue weighted by molar-refractivity contribution is 0.102. The zero-order chi connectivity index (χ0) is 19.3. The molecule has 0 bridgehead atoms. The van der Waals surface area contributed by atoms with Gasteiger partial charge in [-0.05, 0) is 50.1 Å². The quantitative estimate of drug-likeness (QED) is 0.753. The number of rotatable bonds is 7. The van der Waals surface area contributed by atoms with Crippen molar-refractivity contribution in [3.8, 4) is 5.75 Å². The molecule has 0 atom stereocenters. The van der Waals surface area contributed by atoms with Crippen molar-refractivity contribution in [2.45, 2.75) is 37.2 Å². The number of ether oxygens (including phenoxy) is 1. The van der Waals surface area contributed by atoms with Gasteiger partial charge in [-0.1, -0.05) is 19.3 Å². The minimum absolute atomic E-state index is 0.126. The maximum atomic E-state index is 12.2. The van der Waals surface area contributed by atoms with Crippen molar-refractivity contribution in [2.24, 2.45) is 5.92 Å². The lowest BCUT2D eigenvalue weighted by Crippen LogP contribution is -2.18. The molecule has 1 aliphatic rings. The molecule has 0 spiro atoms. The van der Waals surface area contributed by atoms with E-state index >= 15 is 0 Å². The Kier molecular flexibility index (Phi) is 6.18. The first-order valence-electron chi connectivity index (χ1n) is 9.04. The van der Waals surface area contributed by atoms with Gasteiger partial charge in [-0.2, -0.15) is 0 Å². The molecule has 27 heavy (non-hydrogen) atoms. The number of anilines is 1. The maximum Gasteiger partial charge on any atom is 0.273 e. The minimum atomic E-state index is -3.72. The van der Waals surface area contributed by atoms with E-state index in [9.17, 15) is 13.2 Å². The van der Waals surface area contributed by atoms with Gasteiger partial charge in [0.2, 0.25) is 5.09 Å². The summed E-state index contributed by atoms with van der Waals surface area (Å²) in [6.07, 6.45) is 7.45. The highest BCUT2D eigenvalue weighted by Gasteiger charge is 2.19. The van der Waals surface area contributed by atoms with Gasteiger partial charge in [-0.25, -0.2) is 13.1 Å². The van der Waals surface area contributed by atoms with Crippen molar-refractivity contribution in [1.29, 1.82) is 0 Å². The van der Waals surface area contributed by atoms with Crippen molar-refractivity contribution in [1.82, 2.24) is 4.72 Å². The molecule has 1 fully saturated rings. The zero-order valence-electron chi connectivity index (χ0n) is 15.2. The molecule has 1 heterocycles. The third-order valence-electron chi connectivity index (χ3n) is 4.69. The first-order valence-corrected chi connectivity index (χ1v) is 10.5. The number of sulfonamides is 1. The molecule has 1 aromatic heterocycles. The van der Waals surface area contributed by atoms with Crippen molar-refractivity contribution in [2.75, 3.05) is 19.0 Å². The molecule has 1 saturated carbocycles. The standard InChI is InChI=1S/C19H24N2O5S/c1-20-27(23,24)18-11-15(13-26-18)19(22)21-16-7-9-17(10-8-16)25-12-14-5-3-2-4-6-14/h7-11,13-14,20H,2-6,12H2,1H3,(H,21,22). The van der Waals surface area contributed by atoms with Crippen LogP contribution in [0.3, 0.4) is 0 Å². The smallest absolute Gasteiger partial charge is 0.273 e. The average molecular weight is 392 g/mol. The van der Waals surface area contributed by atoms with E-state index in [0.717, 1.165) is 18.6 Å². The van der Waals surface area contributed by atoms with Crippen molar-refractivity contribution in [3.05, 3.63) is 42.2 Å². The van der Waals surface area contributed by atoms with Gasteiger partial charge in [0.25, 0.3) is 15.9 Å². The number of hydrogen-bond donors (Lipinski definition) is 2. The predicted molar refractivity (Wildman–Crippen MR) is 101 cm³/mol. The fourth-order valence-electron chi connectivity index (χ4n) is 3.08. The van der Waals surface area contributed by atoms with Gasteiger partial charge in [0, 0.05) is 11.8 Å². The summed E-state index contributed by atoms with van der Waals surface area (Å²) in [6, 6.07) is 8.30. The molecule has 146 valence electrons. The first-order chi connectivity index (χ1) is 13.0. The molecule has 2 N–H and O–H groups in total. The molecule has 3 rings (SSSR count). The van der Waals surface area contributed by atoms with E-state index in [1.54, 1.807) is 12.1 Å². The zero-order valence-corrected chi connectivity index (χ0v) is 16.1. The number of furan rings is 1. The fraction of sp³-hybridized carbons (Fsp3) is 0.421. The van der Waals surface area contributed by atoms with Gasteiger partial charge < -0.3 is 14.5 Å². The van der Waals surface area contributed by atoms with E-state index in [1.165, 1.54) is 45.2 Å². The molecule has 8 heteroatoms. The van der Waals surface area contributed by atoms with Crippen LogP contribution in [0.2, 0.25) is 0 Å². The van der Waals surface area contributed by atoms with E-state index in [1.807, 2.05) is 12.1 Å². The van der Waals surface area contributed by atoms with Gasteiger partial charge in [0.1, 0.15) is 12.0 Å². The summed E-state index contributed by atoms with van der Waals surface area (Å²) in [5.74, 6) is 0.943. The second-order valence-corrected chi connectivity index (χ2v) is 8.47. The van der Waals surface area contributed by atoms with Crippen LogP contribution in [0.5, 0.6) is 5.75 Å². The Hall–Kier alpha value is -2.32. The number of carbonyl (C=O) groups is 1. The van der Waals surface area contributed by atoms with E-state index in [0.29, 0.717) is 11.6 Å². The van der Waals surface area contributed by atoms with Crippen LogP contribution in [0.25, 0.3) is 0 Å². The third kappa shape index (κ3) is 5.11. The Morgan fingerprint density at radius 3 is 2.56 bits per heavy atom. The fourth-order valence-corrected chi connectivity index (χ4v) is 3.74. The lowest BCUT2D eigenvalue weighted by atomic mass is 9.90. The number of hydrogen-bond acceptors (Lipinski definition) is 5. The van der Waals surface area contributed by atoms with E-state index in [-0.39, 0.29) is 10.7 Å². The van der Waals surface area contributed by atoms with Crippen LogP contribution < -0.4 is 14.8 Å². The molecular weight excluding hydrogens is 368 g/mol. The number of carbonyl (C=O) groups excluding carboxylic acids is 1. The third-order valence-corrected chi connectivity index (χ3v) is 5.98. The van der Waals surface area contributed by atoms with E-state index < -0.39 is 15.9 Å². The highest BCUT2D eigenvalue weighted by molar-refractivity contribution is 7.89. The van der Waals surface area contributed by atoms with Crippen LogP contribution in [0.15, 0.2) is 46.1 Å². The van der Waals surface area contributed by atoms with Crippen LogP contribution >= 0.6 is 0 Å². The highest BCUT2D eigenvalue weighted by Crippen LogP contribution is 2.25. The van der Waals surface area contributed by atoms with Crippen molar-refractivity contribution < 1.29 is 22.4 Å². The summed E-state index contributed by atoms with van der Waals surface area (Å²) >= 11 is 0. The van der Waals surface area contributed by atoms with Gasteiger partial charge >= 0.3 is 0 Å². The Morgan fingerprint density at radius 1 is 1.19 bits per heavy atom. The maximum absolute atomic E-state index is 12.2. The highest BCUT2D eigenvalue weighted by atomic mass is 32.2. The molecule has 0 aliphatic heterocycles. The van der Waals surface area contributed by atoms with Crippen molar-refractivity contribution >= 4 is 21.6 Å². The van der Waals surface area contributed by atoms with E-state index in [2.05, 4.69) is 10.0 Å². The minimum Gasteiger partial charge on any atom is -0.493 e. The summed E-state index contributed by atoms with van der Waals surface area (Å²) in [4.78, 5) is 12.2. The van der Waals surface area contributed by atoms with Crippen LogP contribution in [-0.4, -0.2) is 28.0 Å². The average Bonchev–Trinajstić information content (AvgIpc) is 3.20. The van der Waals surface area contributed by atoms with E-state index in [4.69, 9.17) is 9.15 Å². The van der Waals surface area contributed by atoms with Crippen LogP contribution in [0.1, 0.15) is 42.5 Å². The second-order valence-electron chi connectivity index (χ2n) is 6.66. The molecule has 2 aromatic rings. The first kappa shape index (κ1) is 19.4. The SMILES string of the molecule is CNS(=O)(=O)c1cc(C(=O)Nc2ccc(OCC3CCCCC3)cc2)co1. The Morgan fingerprint density at radius 2 is 1.89 bits per heavy atom. The Bertz CT molecular complexity index is 868. The molecule has 0 saturated heterocycles. The number of nitrogens with one attached hydrogen (secondary N) is 2. The summed E-state index contributed by atoms with van der Waals surface area (Å²) in [5, 5.41) is 2.40.